The highest BCUT2D eigenvalue weighted by Gasteiger charge is 2.39. The van der Waals surface area contributed by atoms with E-state index in [-0.39, 0.29) is 11.5 Å². The van der Waals surface area contributed by atoms with E-state index in [0.717, 1.165) is 11.2 Å². The first-order valence-electron chi connectivity index (χ1n) is 9.15. The summed E-state index contributed by atoms with van der Waals surface area (Å²) in [6, 6.07) is 19.7. The molecule has 1 unspecified atom stereocenters. The van der Waals surface area contributed by atoms with Crippen LogP contribution >= 0.6 is 0 Å². The van der Waals surface area contributed by atoms with Crippen molar-refractivity contribution in [1.82, 2.24) is 5.43 Å². The Kier molecular flexibility index (Phi) is 2.48. The second-order valence-electron chi connectivity index (χ2n) is 7.99. The van der Waals surface area contributed by atoms with Gasteiger partial charge in [0.15, 0.2) is 0 Å². The van der Waals surface area contributed by atoms with E-state index < -0.39 is 0 Å². The predicted octanol–water partition coefficient (Wildman–Crippen LogP) is 5.27. The van der Waals surface area contributed by atoms with Crippen LogP contribution in [-0.2, 0) is 5.41 Å². The fourth-order valence-corrected chi connectivity index (χ4v) is 5.05. The van der Waals surface area contributed by atoms with Gasteiger partial charge < -0.3 is 9.43 Å². The molecule has 0 amide bonds. The summed E-state index contributed by atoms with van der Waals surface area (Å²) in [7, 11) is 2.10. The smallest absolute Gasteiger partial charge is 0.135 e. The van der Waals surface area contributed by atoms with Crippen molar-refractivity contribution in [3.05, 3.63) is 76.9 Å². The highest BCUT2D eigenvalue weighted by Crippen LogP contribution is 2.51. The van der Waals surface area contributed by atoms with Gasteiger partial charge in [-0.05, 0) is 34.9 Å². The Labute approximate surface area is 152 Å². The number of hydrogen-bond acceptors (Lipinski definition) is 3. The van der Waals surface area contributed by atoms with Crippen LogP contribution < -0.4 is 10.4 Å². The van der Waals surface area contributed by atoms with Gasteiger partial charge in [0.05, 0.1) is 11.7 Å². The molecule has 2 heterocycles. The summed E-state index contributed by atoms with van der Waals surface area (Å²) < 4.78 is 6.25. The van der Waals surface area contributed by atoms with Crippen molar-refractivity contribution >= 4 is 27.6 Å². The Morgan fingerprint density at radius 3 is 2.42 bits per heavy atom. The minimum atomic E-state index is -0.111. The monoisotopic (exact) mass is 340 g/mol. The maximum Gasteiger partial charge on any atom is 0.135 e. The van der Waals surface area contributed by atoms with Gasteiger partial charge >= 0.3 is 0 Å². The van der Waals surface area contributed by atoms with Crippen LogP contribution in [0.4, 0.5) is 5.69 Å². The van der Waals surface area contributed by atoms with Crippen molar-refractivity contribution in [3.8, 4) is 0 Å². The van der Waals surface area contributed by atoms with E-state index in [9.17, 15) is 0 Å². The van der Waals surface area contributed by atoms with Gasteiger partial charge in [-0.3, -0.25) is 0 Å². The molecule has 1 aromatic heterocycles. The van der Waals surface area contributed by atoms with Gasteiger partial charge in [-0.15, -0.1) is 0 Å². The van der Waals surface area contributed by atoms with E-state index in [4.69, 9.17) is 4.42 Å². The van der Waals surface area contributed by atoms with Gasteiger partial charge in [-0.1, -0.05) is 50.2 Å². The quantitative estimate of drug-likeness (QED) is 0.473. The van der Waals surface area contributed by atoms with Crippen LogP contribution in [0.15, 0.2) is 59.0 Å². The zero-order valence-corrected chi connectivity index (χ0v) is 15.1. The van der Waals surface area contributed by atoms with Crippen LogP contribution in [0.3, 0.4) is 0 Å². The first-order chi connectivity index (χ1) is 12.6. The summed E-state index contributed by atoms with van der Waals surface area (Å²) >= 11 is 0. The van der Waals surface area contributed by atoms with Crippen molar-refractivity contribution in [2.24, 2.45) is 0 Å². The van der Waals surface area contributed by atoms with E-state index in [1.54, 1.807) is 0 Å². The number of furan rings is 1. The van der Waals surface area contributed by atoms with E-state index in [1.165, 1.54) is 38.7 Å². The molecule has 3 nitrogen and oxygen atoms in total. The average molecular weight is 340 g/mol. The van der Waals surface area contributed by atoms with Gasteiger partial charge in [0.25, 0.3) is 0 Å². The molecule has 1 atom stereocenters. The molecule has 0 fully saturated rings. The molecular formula is C23H20N2O. The molecule has 1 N–H and O–H groups in total. The molecule has 0 radical (unpaired) electrons. The van der Waals surface area contributed by atoms with Gasteiger partial charge in [0.2, 0.25) is 0 Å². The minimum Gasteiger partial charge on any atom is -0.456 e. The van der Waals surface area contributed by atoms with E-state index in [1.807, 2.05) is 0 Å². The van der Waals surface area contributed by atoms with E-state index >= 15 is 0 Å². The average Bonchev–Trinajstić information content (AvgIpc) is 3.18. The molecule has 4 aromatic rings. The SMILES string of the molecule is CN1NC2c3c1cccc3C(C)(C)c1cccc3oc4cccc2c4c13. The number of nitrogens with zero attached hydrogens (tertiary/aromatic N) is 1. The zero-order chi connectivity index (χ0) is 17.6. The number of hydrogen-bond donors (Lipinski definition) is 1. The van der Waals surface area contributed by atoms with Crippen molar-refractivity contribution in [1.29, 1.82) is 0 Å². The highest BCUT2D eigenvalue weighted by molar-refractivity contribution is 6.10. The molecule has 0 spiro atoms. The normalized spacial score (nSPS) is 19.8. The highest BCUT2D eigenvalue weighted by atomic mass is 16.3. The van der Waals surface area contributed by atoms with Crippen LogP contribution in [0.25, 0.3) is 21.9 Å². The second kappa shape index (κ2) is 4.49. The largest absolute Gasteiger partial charge is 0.456 e. The van der Waals surface area contributed by atoms with Crippen LogP contribution in [0.1, 0.15) is 42.1 Å². The molecule has 1 aliphatic carbocycles. The van der Waals surface area contributed by atoms with Crippen molar-refractivity contribution in [2.75, 3.05) is 12.1 Å². The fraction of sp³-hybridized carbons (Fsp3) is 0.217. The molecular weight excluding hydrogens is 320 g/mol. The predicted molar refractivity (Wildman–Crippen MR) is 106 cm³/mol. The molecule has 3 aromatic carbocycles. The van der Waals surface area contributed by atoms with Crippen LogP contribution in [0.2, 0.25) is 0 Å². The molecule has 0 saturated carbocycles. The van der Waals surface area contributed by atoms with Gasteiger partial charge in [0.1, 0.15) is 11.2 Å². The molecule has 3 heteroatoms. The second-order valence-corrected chi connectivity index (χ2v) is 7.99. The molecule has 1 aliphatic heterocycles. The molecule has 128 valence electrons. The topological polar surface area (TPSA) is 28.4 Å². The Morgan fingerprint density at radius 1 is 0.885 bits per heavy atom. The summed E-state index contributed by atoms with van der Waals surface area (Å²) in [6.45, 7) is 4.67. The van der Waals surface area contributed by atoms with Gasteiger partial charge in [0, 0.05) is 28.8 Å². The summed E-state index contributed by atoms with van der Waals surface area (Å²) in [6.07, 6.45) is 0. The number of benzene rings is 3. The molecule has 2 aliphatic rings. The fourth-order valence-electron chi connectivity index (χ4n) is 5.05. The molecule has 6 rings (SSSR count). The van der Waals surface area contributed by atoms with Crippen LogP contribution in [-0.4, -0.2) is 7.05 Å². The Balaban J connectivity index is 1.90. The Morgan fingerprint density at radius 2 is 1.58 bits per heavy atom. The number of hydrazine groups is 1. The zero-order valence-electron chi connectivity index (χ0n) is 15.1. The van der Waals surface area contributed by atoms with Gasteiger partial charge in [-0.25, -0.2) is 5.43 Å². The summed E-state index contributed by atoms with van der Waals surface area (Å²) in [5.74, 6) is 0. The van der Waals surface area contributed by atoms with E-state index in [0.29, 0.717) is 0 Å². The van der Waals surface area contributed by atoms with Gasteiger partial charge in [-0.2, -0.15) is 0 Å². The summed E-state index contributed by atoms with van der Waals surface area (Å²) in [5, 5.41) is 4.67. The maximum atomic E-state index is 6.25. The number of anilines is 1. The standard InChI is InChI=1S/C23H20N2O/c1-23(2)14-8-5-10-16-20(14)22(24-25(16)3)13-7-4-11-17-19(13)21-15(23)9-6-12-18(21)26-17/h4-12,22,24H,1-3H3. The van der Waals surface area contributed by atoms with E-state index in [2.05, 4.69) is 85.9 Å². The first kappa shape index (κ1) is 14.4. The van der Waals surface area contributed by atoms with Crippen LogP contribution in [0, 0.1) is 0 Å². The van der Waals surface area contributed by atoms with Crippen LogP contribution in [0.5, 0.6) is 0 Å². The number of fused-ring (bicyclic) bond motifs is 1. The lowest BCUT2D eigenvalue weighted by molar-refractivity contribution is 0.607. The molecule has 0 bridgehead atoms. The summed E-state index contributed by atoms with van der Waals surface area (Å²) in [4.78, 5) is 0. The third kappa shape index (κ3) is 1.53. The maximum absolute atomic E-state index is 6.25. The lowest BCUT2D eigenvalue weighted by atomic mass is 9.71. The number of rotatable bonds is 0. The third-order valence-electron chi connectivity index (χ3n) is 6.27. The minimum absolute atomic E-state index is 0.111. The summed E-state index contributed by atoms with van der Waals surface area (Å²) in [5.41, 5.74) is 12.2. The Bertz CT molecular complexity index is 1220. The first-order valence-corrected chi connectivity index (χ1v) is 9.15. The molecule has 26 heavy (non-hydrogen) atoms. The lowest BCUT2D eigenvalue weighted by Crippen LogP contribution is -2.31. The van der Waals surface area contributed by atoms with Crippen molar-refractivity contribution < 1.29 is 4.42 Å². The lowest BCUT2D eigenvalue weighted by Gasteiger charge is -2.32. The third-order valence-corrected chi connectivity index (χ3v) is 6.27. The van der Waals surface area contributed by atoms with Crippen molar-refractivity contribution in [3.63, 3.8) is 0 Å². The number of nitrogens with one attached hydrogen (secondary N) is 1. The Hall–Kier alpha value is -2.78. The molecule has 0 saturated heterocycles. The van der Waals surface area contributed by atoms with Crippen molar-refractivity contribution in [2.45, 2.75) is 25.3 Å².